The molecule has 5 aromatic rings. The van der Waals surface area contributed by atoms with Gasteiger partial charge in [-0.2, -0.15) is 9.61 Å². The quantitative estimate of drug-likeness (QED) is 0.419. The summed E-state index contributed by atoms with van der Waals surface area (Å²) in [5.74, 6) is 1.72. The van der Waals surface area contributed by atoms with E-state index in [1.165, 1.54) is 39.1 Å². The number of benzene rings is 1. The van der Waals surface area contributed by atoms with Crippen LogP contribution in [0.4, 0.5) is 0 Å². The Bertz CT molecular complexity index is 1300. The summed E-state index contributed by atoms with van der Waals surface area (Å²) < 4.78 is 4.04. The van der Waals surface area contributed by atoms with E-state index in [0.29, 0.717) is 0 Å². The van der Waals surface area contributed by atoms with Crippen molar-refractivity contribution in [3.8, 4) is 0 Å². The van der Waals surface area contributed by atoms with Gasteiger partial charge >= 0.3 is 0 Å². The van der Waals surface area contributed by atoms with Gasteiger partial charge in [0.25, 0.3) is 5.78 Å². The first-order valence-electron chi connectivity index (χ1n) is 9.58. The molecule has 0 unspecified atom stereocenters. The molecule has 140 valence electrons. The van der Waals surface area contributed by atoms with Crippen LogP contribution in [0, 0.1) is 0 Å². The fourth-order valence-corrected chi connectivity index (χ4v) is 6.44. The van der Waals surface area contributed by atoms with E-state index in [0.717, 1.165) is 41.6 Å². The zero-order chi connectivity index (χ0) is 18.5. The van der Waals surface area contributed by atoms with Crippen molar-refractivity contribution in [1.29, 1.82) is 0 Å². The fraction of sp³-hybridized carbons (Fsp3) is 0.300. The summed E-state index contributed by atoms with van der Waals surface area (Å²) in [4.78, 5) is 7.27. The molecule has 0 spiro atoms. The lowest BCUT2D eigenvalue weighted by atomic mass is 9.97. The van der Waals surface area contributed by atoms with Crippen LogP contribution < -0.4 is 0 Å². The van der Waals surface area contributed by atoms with Crippen LogP contribution in [-0.4, -0.2) is 34.9 Å². The predicted octanol–water partition coefficient (Wildman–Crippen LogP) is 4.20. The molecule has 6 nitrogen and oxygen atoms in total. The number of aryl methyl sites for hydroxylation is 3. The molecule has 6 rings (SSSR count). The summed E-state index contributed by atoms with van der Waals surface area (Å²) in [6, 6.07) is 10.6. The van der Waals surface area contributed by atoms with Gasteiger partial charge in [0.1, 0.15) is 11.2 Å². The third-order valence-electron chi connectivity index (χ3n) is 5.40. The van der Waals surface area contributed by atoms with Gasteiger partial charge in [-0.15, -0.1) is 21.5 Å². The number of nitrogens with zero attached hydrogens (tertiary/aromatic N) is 6. The SMILES string of the molecule is c1ccc(CCSc2nnc3n4ncnc4c4c5c(sc4n23)CCCC5)cc1. The summed E-state index contributed by atoms with van der Waals surface area (Å²) in [7, 11) is 0. The lowest BCUT2D eigenvalue weighted by Gasteiger charge is -2.10. The molecule has 0 amide bonds. The summed E-state index contributed by atoms with van der Waals surface area (Å²) in [5, 5.41) is 15.6. The Morgan fingerprint density at radius 2 is 1.96 bits per heavy atom. The summed E-state index contributed by atoms with van der Waals surface area (Å²) >= 11 is 3.64. The second-order valence-electron chi connectivity index (χ2n) is 7.09. The Kier molecular flexibility index (Phi) is 3.87. The third kappa shape index (κ3) is 2.48. The van der Waals surface area contributed by atoms with E-state index in [1.807, 2.05) is 15.9 Å². The van der Waals surface area contributed by atoms with Crippen LogP contribution in [0.3, 0.4) is 0 Å². The lowest BCUT2D eigenvalue weighted by molar-refractivity contribution is 0.700. The highest BCUT2D eigenvalue weighted by molar-refractivity contribution is 7.99. The molecule has 8 heteroatoms. The first-order valence-corrected chi connectivity index (χ1v) is 11.4. The van der Waals surface area contributed by atoms with Gasteiger partial charge in [-0.3, -0.25) is 0 Å². The molecule has 0 aliphatic heterocycles. The van der Waals surface area contributed by atoms with Crippen molar-refractivity contribution >= 4 is 44.7 Å². The highest BCUT2D eigenvalue weighted by Gasteiger charge is 2.24. The number of fused-ring (bicyclic) bond motifs is 8. The van der Waals surface area contributed by atoms with Gasteiger partial charge in [0.05, 0.1) is 5.39 Å². The van der Waals surface area contributed by atoms with Gasteiger partial charge in [0, 0.05) is 10.6 Å². The maximum absolute atomic E-state index is 4.56. The average molecular weight is 407 g/mol. The maximum Gasteiger partial charge on any atom is 0.260 e. The molecule has 0 saturated carbocycles. The highest BCUT2D eigenvalue weighted by atomic mass is 32.2. The predicted molar refractivity (Wildman–Crippen MR) is 112 cm³/mol. The minimum atomic E-state index is 0.751. The molecule has 1 aromatic carbocycles. The number of rotatable bonds is 4. The molecule has 0 atom stereocenters. The lowest BCUT2D eigenvalue weighted by Crippen LogP contribution is -2.01. The van der Waals surface area contributed by atoms with E-state index in [2.05, 4.69) is 55.0 Å². The maximum atomic E-state index is 4.56. The zero-order valence-electron chi connectivity index (χ0n) is 15.2. The van der Waals surface area contributed by atoms with Gasteiger partial charge in [-0.05, 0) is 43.2 Å². The molecule has 1 aliphatic rings. The van der Waals surface area contributed by atoms with Crippen molar-refractivity contribution in [3.63, 3.8) is 0 Å². The van der Waals surface area contributed by atoms with Crippen LogP contribution in [0.5, 0.6) is 0 Å². The molecule has 28 heavy (non-hydrogen) atoms. The van der Waals surface area contributed by atoms with Crippen molar-refractivity contribution in [3.05, 3.63) is 52.7 Å². The van der Waals surface area contributed by atoms with Crippen molar-refractivity contribution in [2.24, 2.45) is 0 Å². The molecule has 0 saturated heterocycles. The molecule has 0 fully saturated rings. The number of thioether (sulfide) groups is 1. The van der Waals surface area contributed by atoms with Gasteiger partial charge in [-0.1, -0.05) is 42.1 Å². The fourth-order valence-electron chi connectivity index (χ4n) is 4.07. The Hall–Kier alpha value is -2.45. The van der Waals surface area contributed by atoms with E-state index in [4.69, 9.17) is 0 Å². The molecule has 0 N–H and O–H groups in total. The van der Waals surface area contributed by atoms with Crippen molar-refractivity contribution in [2.75, 3.05) is 5.75 Å². The standard InChI is InChI=1S/C20H18N6S2/c1-2-6-13(7-3-1)10-11-27-20-24-23-19-25(20)18-16(17-21-12-22-26(17)19)14-8-4-5-9-15(14)28-18/h1-3,6-7,12H,4-5,8-11H2. The second-order valence-corrected chi connectivity index (χ2v) is 9.23. The molecular weight excluding hydrogens is 388 g/mol. The summed E-state index contributed by atoms with van der Waals surface area (Å²) in [6.45, 7) is 0. The number of hydrogen-bond acceptors (Lipinski definition) is 6. The van der Waals surface area contributed by atoms with Gasteiger partial charge in [0.2, 0.25) is 0 Å². The largest absolute Gasteiger partial charge is 0.260 e. The van der Waals surface area contributed by atoms with E-state index < -0.39 is 0 Å². The van der Waals surface area contributed by atoms with Gasteiger partial charge in [0.15, 0.2) is 10.8 Å². The highest BCUT2D eigenvalue weighted by Crippen LogP contribution is 2.39. The minimum absolute atomic E-state index is 0.751. The number of aromatic nitrogens is 6. The monoisotopic (exact) mass is 406 g/mol. The van der Waals surface area contributed by atoms with Crippen LogP contribution in [0.25, 0.3) is 21.6 Å². The van der Waals surface area contributed by atoms with Crippen LogP contribution in [0.2, 0.25) is 0 Å². The molecule has 4 heterocycles. The molecular formula is C20H18N6S2. The molecule has 0 bridgehead atoms. The average Bonchev–Trinajstić information content (AvgIpc) is 3.44. The van der Waals surface area contributed by atoms with Crippen molar-refractivity contribution in [1.82, 2.24) is 29.2 Å². The third-order valence-corrected chi connectivity index (χ3v) is 7.61. The molecule has 0 radical (unpaired) electrons. The van der Waals surface area contributed by atoms with Gasteiger partial charge in [-0.25, -0.2) is 9.38 Å². The summed E-state index contributed by atoms with van der Waals surface area (Å²) in [5.41, 5.74) is 3.72. The topological polar surface area (TPSA) is 60.4 Å². The Labute approximate surface area is 169 Å². The van der Waals surface area contributed by atoms with Crippen LogP contribution in [0.1, 0.15) is 28.8 Å². The van der Waals surface area contributed by atoms with E-state index >= 15 is 0 Å². The van der Waals surface area contributed by atoms with Crippen LogP contribution >= 0.6 is 23.1 Å². The van der Waals surface area contributed by atoms with Crippen LogP contribution in [0.15, 0.2) is 41.8 Å². The normalized spacial score (nSPS) is 14.3. The smallest absolute Gasteiger partial charge is 0.244 e. The van der Waals surface area contributed by atoms with E-state index in [-0.39, 0.29) is 0 Å². The minimum Gasteiger partial charge on any atom is -0.244 e. The van der Waals surface area contributed by atoms with Crippen molar-refractivity contribution in [2.45, 2.75) is 37.3 Å². The Morgan fingerprint density at radius 3 is 2.89 bits per heavy atom. The van der Waals surface area contributed by atoms with E-state index in [9.17, 15) is 0 Å². The first kappa shape index (κ1) is 16.5. The number of thiophene rings is 1. The van der Waals surface area contributed by atoms with Crippen LogP contribution in [-0.2, 0) is 19.3 Å². The summed E-state index contributed by atoms with van der Waals surface area (Å²) in [6.07, 6.45) is 7.44. The second kappa shape index (κ2) is 6.56. The van der Waals surface area contributed by atoms with Gasteiger partial charge < -0.3 is 0 Å². The van der Waals surface area contributed by atoms with Crippen molar-refractivity contribution < 1.29 is 0 Å². The first-order chi connectivity index (χ1) is 13.9. The Balaban J connectivity index is 1.48. The van der Waals surface area contributed by atoms with E-state index in [1.54, 1.807) is 18.1 Å². The zero-order valence-corrected chi connectivity index (χ0v) is 16.8. The Morgan fingerprint density at radius 1 is 1.07 bits per heavy atom. The molecule has 4 aromatic heterocycles. The number of hydrogen-bond donors (Lipinski definition) is 0. The molecule has 1 aliphatic carbocycles.